The molecule has 8 heteroatoms. The summed E-state index contributed by atoms with van der Waals surface area (Å²) in [6, 6.07) is 15.9. The molecular formula is C21H24N2O6. The lowest BCUT2D eigenvalue weighted by molar-refractivity contribution is -0.146. The Balaban J connectivity index is 2.04. The zero-order valence-electron chi connectivity index (χ0n) is 16.0. The largest absolute Gasteiger partial charge is 0.467 e. The first kappa shape index (κ1) is 21.9. The molecule has 0 saturated heterocycles. The van der Waals surface area contributed by atoms with E-state index in [-0.39, 0.29) is 13.0 Å². The first-order chi connectivity index (χ1) is 14.0. The van der Waals surface area contributed by atoms with Crippen LogP contribution >= 0.6 is 0 Å². The monoisotopic (exact) mass is 400 g/mol. The Hall–Kier alpha value is -3.39. The number of esters is 1. The molecule has 2 atom stereocenters. The summed E-state index contributed by atoms with van der Waals surface area (Å²) in [6.45, 7) is -0.581. The molecule has 0 aliphatic rings. The van der Waals surface area contributed by atoms with Crippen molar-refractivity contribution in [1.29, 1.82) is 0 Å². The Morgan fingerprint density at radius 2 is 1.48 bits per heavy atom. The van der Waals surface area contributed by atoms with E-state index in [0.717, 1.165) is 18.2 Å². The predicted octanol–water partition coefficient (Wildman–Crippen LogP) is 1.17. The van der Waals surface area contributed by atoms with Gasteiger partial charge in [-0.1, -0.05) is 60.7 Å². The van der Waals surface area contributed by atoms with Crippen LogP contribution in [-0.2, 0) is 32.1 Å². The zero-order valence-corrected chi connectivity index (χ0v) is 16.0. The molecule has 2 rings (SSSR count). The van der Waals surface area contributed by atoms with Gasteiger partial charge in [-0.25, -0.2) is 9.59 Å². The van der Waals surface area contributed by atoms with Crippen LogP contribution < -0.4 is 10.6 Å². The third-order valence-electron chi connectivity index (χ3n) is 4.09. The molecule has 29 heavy (non-hydrogen) atoms. The molecule has 154 valence electrons. The fraction of sp³-hybridized carbons (Fsp3) is 0.286. The number of benzene rings is 2. The van der Waals surface area contributed by atoms with Crippen LogP contribution in [0.2, 0.25) is 0 Å². The summed E-state index contributed by atoms with van der Waals surface area (Å²) in [7, 11) is 1.15. The molecule has 0 aromatic heterocycles. The second kappa shape index (κ2) is 11.5. The number of hydrogen-bond acceptors (Lipinski definition) is 6. The third-order valence-corrected chi connectivity index (χ3v) is 4.09. The molecule has 0 saturated carbocycles. The molecule has 2 amide bonds. The van der Waals surface area contributed by atoms with Gasteiger partial charge in [-0.05, 0) is 11.1 Å². The normalized spacial score (nSPS) is 12.3. The molecular weight excluding hydrogens is 376 g/mol. The molecule has 2 aromatic rings. The van der Waals surface area contributed by atoms with E-state index in [0.29, 0.717) is 0 Å². The molecule has 0 radical (unpaired) electrons. The maximum atomic E-state index is 12.6. The molecule has 0 aliphatic carbocycles. The average Bonchev–Trinajstić information content (AvgIpc) is 2.76. The van der Waals surface area contributed by atoms with Crippen LogP contribution in [-0.4, -0.2) is 48.9 Å². The van der Waals surface area contributed by atoms with Crippen LogP contribution in [0, 0.1) is 0 Å². The number of carbonyl (C=O) groups excluding carboxylic acids is 3. The van der Waals surface area contributed by atoms with Crippen LogP contribution in [0.3, 0.4) is 0 Å². The van der Waals surface area contributed by atoms with E-state index in [2.05, 4.69) is 15.4 Å². The Kier molecular flexibility index (Phi) is 8.65. The van der Waals surface area contributed by atoms with Gasteiger partial charge in [0.2, 0.25) is 5.91 Å². The fourth-order valence-electron chi connectivity index (χ4n) is 2.56. The van der Waals surface area contributed by atoms with E-state index in [1.165, 1.54) is 0 Å². The second-order valence-corrected chi connectivity index (χ2v) is 6.22. The minimum atomic E-state index is -1.23. The van der Waals surface area contributed by atoms with Crippen molar-refractivity contribution < 1.29 is 29.0 Å². The number of carbonyl (C=O) groups is 3. The van der Waals surface area contributed by atoms with Crippen molar-refractivity contribution in [2.24, 2.45) is 0 Å². The van der Waals surface area contributed by atoms with Gasteiger partial charge in [0, 0.05) is 6.42 Å². The van der Waals surface area contributed by atoms with Gasteiger partial charge in [-0.3, -0.25) is 4.79 Å². The van der Waals surface area contributed by atoms with Gasteiger partial charge in [-0.15, -0.1) is 0 Å². The van der Waals surface area contributed by atoms with Crippen molar-refractivity contribution in [1.82, 2.24) is 10.6 Å². The van der Waals surface area contributed by atoms with Crippen molar-refractivity contribution in [2.75, 3.05) is 13.7 Å². The van der Waals surface area contributed by atoms with E-state index in [1.54, 1.807) is 12.1 Å². The summed E-state index contributed by atoms with van der Waals surface area (Å²) >= 11 is 0. The summed E-state index contributed by atoms with van der Waals surface area (Å²) < 4.78 is 9.72. The van der Waals surface area contributed by atoms with Crippen LogP contribution in [0.1, 0.15) is 11.1 Å². The van der Waals surface area contributed by atoms with Gasteiger partial charge in [-0.2, -0.15) is 0 Å². The van der Waals surface area contributed by atoms with Crippen LogP contribution in [0.15, 0.2) is 60.7 Å². The lowest BCUT2D eigenvalue weighted by atomic mass is 10.1. The zero-order chi connectivity index (χ0) is 21.1. The lowest BCUT2D eigenvalue weighted by Crippen LogP contribution is -2.53. The highest BCUT2D eigenvalue weighted by atomic mass is 16.5. The number of hydrogen-bond donors (Lipinski definition) is 3. The van der Waals surface area contributed by atoms with Crippen molar-refractivity contribution >= 4 is 18.0 Å². The Labute approximate surface area is 168 Å². The summed E-state index contributed by atoms with van der Waals surface area (Å²) in [5, 5.41) is 14.2. The average molecular weight is 400 g/mol. The molecule has 8 nitrogen and oxygen atoms in total. The van der Waals surface area contributed by atoms with Gasteiger partial charge in [0.05, 0.1) is 13.7 Å². The molecule has 0 spiro atoms. The highest BCUT2D eigenvalue weighted by molar-refractivity contribution is 5.89. The summed E-state index contributed by atoms with van der Waals surface area (Å²) in [5.74, 6) is -1.43. The maximum Gasteiger partial charge on any atom is 0.408 e. The lowest BCUT2D eigenvalue weighted by Gasteiger charge is -2.21. The molecule has 0 fully saturated rings. The van der Waals surface area contributed by atoms with Gasteiger partial charge in [0.15, 0.2) is 6.04 Å². The van der Waals surface area contributed by atoms with E-state index in [1.807, 2.05) is 48.5 Å². The van der Waals surface area contributed by atoms with Crippen LogP contribution in [0.5, 0.6) is 0 Å². The highest BCUT2D eigenvalue weighted by Gasteiger charge is 2.27. The second-order valence-electron chi connectivity index (χ2n) is 6.22. The van der Waals surface area contributed by atoms with Crippen molar-refractivity contribution in [2.45, 2.75) is 25.1 Å². The van der Waals surface area contributed by atoms with Crippen molar-refractivity contribution in [3.63, 3.8) is 0 Å². The summed E-state index contributed by atoms with van der Waals surface area (Å²) in [6.07, 6.45) is -0.601. The first-order valence-corrected chi connectivity index (χ1v) is 9.03. The Bertz CT molecular complexity index is 797. The molecule has 3 N–H and O–H groups in total. The number of aliphatic hydroxyl groups is 1. The summed E-state index contributed by atoms with van der Waals surface area (Å²) in [4.78, 5) is 36.5. The van der Waals surface area contributed by atoms with Gasteiger partial charge in [0.1, 0.15) is 12.6 Å². The SMILES string of the molecule is COC(=O)[C@H](CO)NC(=O)C(Cc1ccccc1)NC(=O)OCc1ccccc1. The third kappa shape index (κ3) is 7.27. The van der Waals surface area contributed by atoms with E-state index in [9.17, 15) is 19.5 Å². The number of methoxy groups -OCH3 is 1. The van der Waals surface area contributed by atoms with E-state index < -0.39 is 36.7 Å². The molecule has 0 heterocycles. The van der Waals surface area contributed by atoms with Gasteiger partial charge in [0.25, 0.3) is 0 Å². The van der Waals surface area contributed by atoms with E-state index in [4.69, 9.17) is 4.74 Å². The van der Waals surface area contributed by atoms with E-state index >= 15 is 0 Å². The molecule has 0 bridgehead atoms. The van der Waals surface area contributed by atoms with Gasteiger partial charge < -0.3 is 25.2 Å². The Morgan fingerprint density at radius 1 is 0.897 bits per heavy atom. The maximum absolute atomic E-state index is 12.6. The fourth-order valence-corrected chi connectivity index (χ4v) is 2.56. The minimum Gasteiger partial charge on any atom is -0.467 e. The number of amides is 2. The Morgan fingerprint density at radius 3 is 2.03 bits per heavy atom. The quantitative estimate of drug-likeness (QED) is 0.545. The molecule has 0 aliphatic heterocycles. The van der Waals surface area contributed by atoms with Crippen LogP contribution in [0.4, 0.5) is 4.79 Å². The van der Waals surface area contributed by atoms with Crippen LogP contribution in [0.25, 0.3) is 0 Å². The predicted molar refractivity (Wildman–Crippen MR) is 105 cm³/mol. The standard InChI is InChI=1S/C21H24N2O6/c1-28-20(26)18(13-24)22-19(25)17(12-15-8-4-2-5-9-15)23-21(27)29-14-16-10-6-3-7-11-16/h2-11,17-18,24H,12-14H2,1H3,(H,22,25)(H,23,27)/t17?,18-/m0/s1. The number of alkyl carbamates (subject to hydrolysis) is 1. The smallest absolute Gasteiger partial charge is 0.408 e. The number of nitrogens with one attached hydrogen (secondary N) is 2. The van der Waals surface area contributed by atoms with Crippen molar-refractivity contribution in [3.8, 4) is 0 Å². The number of aliphatic hydroxyl groups excluding tert-OH is 1. The minimum absolute atomic E-state index is 0.0494. The number of ether oxygens (including phenoxy) is 2. The topological polar surface area (TPSA) is 114 Å². The van der Waals surface area contributed by atoms with Crippen molar-refractivity contribution in [3.05, 3.63) is 71.8 Å². The summed E-state index contributed by atoms with van der Waals surface area (Å²) in [5.41, 5.74) is 1.60. The number of rotatable bonds is 9. The first-order valence-electron chi connectivity index (χ1n) is 9.03. The molecule has 2 aromatic carbocycles. The van der Waals surface area contributed by atoms with Gasteiger partial charge >= 0.3 is 12.1 Å². The highest BCUT2D eigenvalue weighted by Crippen LogP contribution is 2.06. The molecule has 1 unspecified atom stereocenters.